The molecule has 1 heterocycles. The predicted molar refractivity (Wildman–Crippen MR) is 66.9 cm³/mol. The normalized spacial score (nSPS) is 11.8. The van der Waals surface area contributed by atoms with Crippen molar-refractivity contribution in [3.63, 3.8) is 0 Å². The van der Waals surface area contributed by atoms with Crippen molar-refractivity contribution in [2.75, 3.05) is 0 Å². The minimum absolute atomic E-state index is 0.0993. The van der Waals surface area contributed by atoms with Crippen LogP contribution in [0.2, 0.25) is 0 Å². The fraction of sp³-hybridized carbons (Fsp3) is 0.182. The summed E-state index contributed by atoms with van der Waals surface area (Å²) in [6.07, 6.45) is 2.96. The number of aromatic amines is 1. The molecule has 0 aliphatic carbocycles. The molecule has 0 fully saturated rings. The minimum atomic E-state index is -4.20. The van der Waals surface area contributed by atoms with Crippen LogP contribution in [-0.2, 0) is 23.1 Å². The van der Waals surface area contributed by atoms with Gasteiger partial charge in [-0.3, -0.25) is 0 Å². The first kappa shape index (κ1) is 14.6. The van der Waals surface area contributed by atoms with Crippen molar-refractivity contribution in [3.8, 4) is 0 Å². The summed E-state index contributed by atoms with van der Waals surface area (Å²) in [6.45, 7) is -0.263. The van der Waals surface area contributed by atoms with Gasteiger partial charge in [-0.2, -0.15) is 0 Å². The molecule has 0 aliphatic rings. The Morgan fingerprint density at radius 3 is 2.70 bits per heavy atom. The molecule has 9 heteroatoms. The number of rotatable bonds is 5. The van der Waals surface area contributed by atoms with Crippen molar-refractivity contribution < 1.29 is 17.2 Å². The van der Waals surface area contributed by atoms with E-state index in [0.717, 1.165) is 12.1 Å². The average Bonchev–Trinajstić information content (AvgIpc) is 2.92. The van der Waals surface area contributed by atoms with Crippen LogP contribution >= 0.6 is 0 Å². The van der Waals surface area contributed by atoms with E-state index < -0.39 is 26.6 Å². The zero-order chi connectivity index (χ0) is 14.8. The zero-order valence-electron chi connectivity index (χ0n) is 10.2. The lowest BCUT2D eigenvalue weighted by Gasteiger charge is -2.09. The number of halogens is 2. The lowest BCUT2D eigenvalue weighted by molar-refractivity contribution is 0.481. The summed E-state index contributed by atoms with van der Waals surface area (Å²) in [7, 11) is -4.20. The van der Waals surface area contributed by atoms with Gasteiger partial charge in [0.05, 0.1) is 6.54 Å². The molecule has 2 aromatic rings. The predicted octanol–water partition coefficient (Wildman–Crippen LogP) is 0.625. The minimum Gasteiger partial charge on any atom is -0.347 e. The van der Waals surface area contributed by atoms with E-state index in [4.69, 9.17) is 5.73 Å². The average molecular weight is 302 g/mol. The molecule has 0 atom stereocenters. The SMILES string of the molecule is NCc1cc(F)c(F)c(S(=O)(=O)NCc2ncc[nH]2)c1. The van der Waals surface area contributed by atoms with E-state index in [-0.39, 0.29) is 18.7 Å². The van der Waals surface area contributed by atoms with Gasteiger partial charge in [-0.05, 0) is 17.7 Å². The molecule has 0 amide bonds. The largest absolute Gasteiger partial charge is 0.347 e. The first-order valence-corrected chi connectivity index (χ1v) is 7.08. The first-order valence-electron chi connectivity index (χ1n) is 5.60. The van der Waals surface area contributed by atoms with Crippen molar-refractivity contribution in [1.29, 1.82) is 0 Å². The molecule has 0 radical (unpaired) electrons. The highest BCUT2D eigenvalue weighted by atomic mass is 32.2. The molecule has 0 spiro atoms. The van der Waals surface area contributed by atoms with Crippen LogP contribution in [0, 0.1) is 11.6 Å². The van der Waals surface area contributed by atoms with Crippen LogP contribution in [-0.4, -0.2) is 18.4 Å². The fourth-order valence-corrected chi connectivity index (χ4v) is 2.69. The highest BCUT2D eigenvalue weighted by Gasteiger charge is 2.22. The Hall–Kier alpha value is -1.84. The monoisotopic (exact) mass is 302 g/mol. The highest BCUT2D eigenvalue weighted by molar-refractivity contribution is 7.89. The maximum absolute atomic E-state index is 13.6. The van der Waals surface area contributed by atoms with Gasteiger partial charge in [0, 0.05) is 18.9 Å². The Labute approximate surface area is 114 Å². The van der Waals surface area contributed by atoms with Crippen LogP contribution in [0.1, 0.15) is 11.4 Å². The van der Waals surface area contributed by atoms with Gasteiger partial charge in [-0.1, -0.05) is 0 Å². The number of nitrogens with one attached hydrogen (secondary N) is 2. The summed E-state index contributed by atoms with van der Waals surface area (Å²) in [4.78, 5) is 5.73. The number of aromatic nitrogens is 2. The topological polar surface area (TPSA) is 101 Å². The third kappa shape index (κ3) is 3.00. The first-order chi connectivity index (χ1) is 9.44. The van der Waals surface area contributed by atoms with E-state index in [0.29, 0.717) is 5.82 Å². The van der Waals surface area contributed by atoms with Crippen molar-refractivity contribution in [2.45, 2.75) is 18.0 Å². The Bertz CT molecular complexity index is 701. The smallest absolute Gasteiger partial charge is 0.244 e. The lowest BCUT2D eigenvalue weighted by atomic mass is 10.2. The Kier molecular flexibility index (Phi) is 4.12. The third-order valence-electron chi connectivity index (χ3n) is 2.56. The molecular formula is C11H12F2N4O2S. The van der Waals surface area contributed by atoms with E-state index in [9.17, 15) is 17.2 Å². The van der Waals surface area contributed by atoms with Gasteiger partial charge in [-0.25, -0.2) is 26.9 Å². The molecule has 1 aromatic heterocycles. The zero-order valence-corrected chi connectivity index (χ0v) is 11.0. The lowest BCUT2D eigenvalue weighted by Crippen LogP contribution is -2.25. The molecule has 4 N–H and O–H groups in total. The van der Waals surface area contributed by atoms with Gasteiger partial charge < -0.3 is 10.7 Å². The molecule has 1 aromatic carbocycles. The molecule has 0 bridgehead atoms. The van der Waals surface area contributed by atoms with Gasteiger partial charge in [0.25, 0.3) is 0 Å². The van der Waals surface area contributed by atoms with Crippen molar-refractivity contribution >= 4 is 10.0 Å². The standard InChI is InChI=1S/C11H12F2N4O2S/c12-8-3-7(5-14)4-9(11(8)13)20(18,19)17-6-10-15-1-2-16-10/h1-4,17H,5-6,14H2,(H,15,16). The number of benzene rings is 1. The van der Waals surface area contributed by atoms with Crippen molar-refractivity contribution in [3.05, 3.63) is 47.5 Å². The summed E-state index contributed by atoms with van der Waals surface area (Å²) >= 11 is 0. The summed E-state index contributed by atoms with van der Waals surface area (Å²) in [6, 6.07) is 1.86. The van der Waals surface area contributed by atoms with Crippen LogP contribution in [0.5, 0.6) is 0 Å². The molecule has 0 unspecified atom stereocenters. The second kappa shape index (κ2) is 5.65. The Balaban J connectivity index is 2.31. The quantitative estimate of drug-likeness (QED) is 0.754. The molecule has 0 aliphatic heterocycles. The molecule has 0 saturated heterocycles. The number of hydrogen-bond acceptors (Lipinski definition) is 4. The van der Waals surface area contributed by atoms with Gasteiger partial charge in [0.2, 0.25) is 10.0 Å². The van der Waals surface area contributed by atoms with Gasteiger partial charge in [0.1, 0.15) is 10.7 Å². The second-order valence-corrected chi connectivity index (χ2v) is 5.69. The molecule has 0 saturated carbocycles. The fourth-order valence-electron chi connectivity index (χ4n) is 1.57. The highest BCUT2D eigenvalue weighted by Crippen LogP contribution is 2.19. The van der Waals surface area contributed by atoms with Crippen molar-refractivity contribution in [2.24, 2.45) is 5.73 Å². The summed E-state index contributed by atoms with van der Waals surface area (Å²) in [5, 5.41) is 0. The number of nitrogens with zero attached hydrogens (tertiary/aromatic N) is 1. The van der Waals surface area contributed by atoms with E-state index in [1.807, 2.05) is 0 Å². The van der Waals surface area contributed by atoms with Gasteiger partial charge >= 0.3 is 0 Å². The Morgan fingerprint density at radius 1 is 1.35 bits per heavy atom. The maximum Gasteiger partial charge on any atom is 0.244 e. The maximum atomic E-state index is 13.6. The molecular weight excluding hydrogens is 290 g/mol. The van der Waals surface area contributed by atoms with E-state index in [1.165, 1.54) is 12.4 Å². The molecule has 2 rings (SSSR count). The molecule has 20 heavy (non-hydrogen) atoms. The van der Waals surface area contributed by atoms with Crippen LogP contribution in [0.25, 0.3) is 0 Å². The number of sulfonamides is 1. The number of H-pyrrole nitrogens is 1. The van der Waals surface area contributed by atoms with E-state index in [1.54, 1.807) is 0 Å². The second-order valence-electron chi connectivity index (χ2n) is 3.95. The summed E-state index contributed by atoms with van der Waals surface area (Å²) in [5.74, 6) is -2.34. The van der Waals surface area contributed by atoms with Crippen LogP contribution < -0.4 is 10.5 Å². The van der Waals surface area contributed by atoms with Crippen LogP contribution in [0.4, 0.5) is 8.78 Å². The van der Waals surface area contributed by atoms with Crippen molar-refractivity contribution in [1.82, 2.24) is 14.7 Å². The Morgan fingerprint density at radius 2 is 2.10 bits per heavy atom. The van der Waals surface area contributed by atoms with Gasteiger partial charge in [0.15, 0.2) is 11.6 Å². The summed E-state index contributed by atoms with van der Waals surface area (Å²) < 4.78 is 53.0. The van der Waals surface area contributed by atoms with E-state index in [2.05, 4.69) is 14.7 Å². The van der Waals surface area contributed by atoms with Gasteiger partial charge in [-0.15, -0.1) is 0 Å². The summed E-state index contributed by atoms with van der Waals surface area (Å²) in [5.41, 5.74) is 5.50. The van der Waals surface area contributed by atoms with Crippen LogP contribution in [0.15, 0.2) is 29.4 Å². The third-order valence-corrected chi connectivity index (χ3v) is 3.96. The molecule has 108 valence electrons. The van der Waals surface area contributed by atoms with Crippen LogP contribution in [0.3, 0.4) is 0 Å². The van der Waals surface area contributed by atoms with E-state index >= 15 is 0 Å². The number of nitrogens with two attached hydrogens (primary N) is 1. The number of hydrogen-bond donors (Lipinski definition) is 3. The number of imidazole rings is 1. The molecule has 6 nitrogen and oxygen atoms in total.